The molecule has 0 saturated heterocycles. The molecule has 5 nitrogen and oxygen atoms in total. The molecule has 1 aliphatic rings. The highest BCUT2D eigenvalue weighted by Gasteiger charge is 2.27. The van der Waals surface area contributed by atoms with Gasteiger partial charge in [-0.2, -0.15) is 5.10 Å². The second kappa shape index (κ2) is 6.19. The standard InChI is InChI=1S/C14H23N3O2/c1-3-12(13-8-9-15-17(13)2)16-14(19)10-4-6-11(18)7-5-10/h8-12,18H,3-7H2,1-2H3,(H,16,19). The van der Waals surface area contributed by atoms with Crippen molar-refractivity contribution in [1.29, 1.82) is 0 Å². The van der Waals surface area contributed by atoms with Gasteiger partial charge in [0.15, 0.2) is 0 Å². The van der Waals surface area contributed by atoms with Crippen LogP contribution in [0.15, 0.2) is 12.3 Å². The van der Waals surface area contributed by atoms with Gasteiger partial charge >= 0.3 is 0 Å². The Balaban J connectivity index is 1.95. The molecule has 0 bridgehead atoms. The lowest BCUT2D eigenvalue weighted by Gasteiger charge is -2.26. The number of aliphatic hydroxyl groups is 1. The lowest BCUT2D eigenvalue weighted by Crippen LogP contribution is -2.37. The van der Waals surface area contributed by atoms with Crippen LogP contribution in [0.3, 0.4) is 0 Å². The second-order valence-electron chi connectivity index (χ2n) is 5.35. The number of aryl methyl sites for hydroxylation is 1. The summed E-state index contributed by atoms with van der Waals surface area (Å²) in [5.41, 5.74) is 1.03. The van der Waals surface area contributed by atoms with Crippen LogP contribution >= 0.6 is 0 Å². The summed E-state index contributed by atoms with van der Waals surface area (Å²) in [5, 5.41) is 16.7. The minimum Gasteiger partial charge on any atom is -0.393 e. The van der Waals surface area contributed by atoms with E-state index in [1.807, 2.05) is 13.1 Å². The number of rotatable bonds is 4. The molecule has 1 fully saturated rings. The molecule has 1 amide bonds. The van der Waals surface area contributed by atoms with Crippen molar-refractivity contribution in [1.82, 2.24) is 15.1 Å². The largest absolute Gasteiger partial charge is 0.393 e. The first kappa shape index (κ1) is 14.1. The third-order valence-corrected chi connectivity index (χ3v) is 4.01. The summed E-state index contributed by atoms with van der Waals surface area (Å²) < 4.78 is 1.80. The predicted octanol–water partition coefficient (Wildman–Crippen LogP) is 1.54. The van der Waals surface area contributed by atoms with Crippen LogP contribution in [0.5, 0.6) is 0 Å². The van der Waals surface area contributed by atoms with Crippen LogP contribution in [0.25, 0.3) is 0 Å². The van der Waals surface area contributed by atoms with Gasteiger partial charge in [-0.3, -0.25) is 9.48 Å². The lowest BCUT2D eigenvalue weighted by atomic mass is 9.86. The Morgan fingerprint density at radius 1 is 1.53 bits per heavy atom. The molecule has 1 aromatic rings. The van der Waals surface area contributed by atoms with Crippen molar-refractivity contribution >= 4 is 5.91 Å². The Hall–Kier alpha value is -1.36. The van der Waals surface area contributed by atoms with Gasteiger partial charge in [0.05, 0.1) is 17.8 Å². The average Bonchev–Trinajstić information content (AvgIpc) is 2.83. The van der Waals surface area contributed by atoms with Crippen molar-refractivity contribution in [2.24, 2.45) is 13.0 Å². The minimum atomic E-state index is -0.219. The van der Waals surface area contributed by atoms with Gasteiger partial charge in [0, 0.05) is 19.2 Å². The zero-order chi connectivity index (χ0) is 13.8. The van der Waals surface area contributed by atoms with E-state index in [0.29, 0.717) is 0 Å². The van der Waals surface area contributed by atoms with E-state index in [1.54, 1.807) is 10.9 Å². The average molecular weight is 265 g/mol. The summed E-state index contributed by atoms with van der Waals surface area (Å²) in [7, 11) is 1.89. The van der Waals surface area contributed by atoms with E-state index in [4.69, 9.17) is 0 Å². The first-order valence-corrected chi connectivity index (χ1v) is 7.08. The molecule has 2 N–H and O–H groups in total. The molecule has 1 atom stereocenters. The molecule has 1 aromatic heterocycles. The number of amides is 1. The maximum absolute atomic E-state index is 12.3. The van der Waals surface area contributed by atoms with E-state index in [1.165, 1.54) is 0 Å². The fourth-order valence-corrected chi connectivity index (χ4v) is 2.74. The zero-order valence-corrected chi connectivity index (χ0v) is 11.7. The lowest BCUT2D eigenvalue weighted by molar-refractivity contribution is -0.127. The van der Waals surface area contributed by atoms with Crippen LogP contribution < -0.4 is 5.32 Å². The van der Waals surface area contributed by atoms with Crippen LogP contribution in [0.2, 0.25) is 0 Å². The summed E-state index contributed by atoms with van der Waals surface area (Å²) in [6.07, 6.45) is 5.43. The number of carbonyl (C=O) groups excluding carboxylic acids is 1. The van der Waals surface area contributed by atoms with Gasteiger partial charge in [0.25, 0.3) is 0 Å². The highest BCUT2D eigenvalue weighted by Crippen LogP contribution is 2.25. The molecule has 5 heteroatoms. The summed E-state index contributed by atoms with van der Waals surface area (Å²) >= 11 is 0. The third kappa shape index (κ3) is 3.35. The number of aromatic nitrogens is 2. The van der Waals surface area contributed by atoms with E-state index < -0.39 is 0 Å². The molecule has 0 aliphatic heterocycles. The summed E-state index contributed by atoms with van der Waals surface area (Å²) in [4.78, 5) is 12.3. The van der Waals surface area contributed by atoms with Crippen molar-refractivity contribution < 1.29 is 9.90 Å². The SMILES string of the molecule is CCC(NC(=O)C1CCC(O)CC1)c1ccnn1C. The summed E-state index contributed by atoms with van der Waals surface area (Å²) in [6, 6.07) is 1.96. The number of aliphatic hydroxyl groups excluding tert-OH is 1. The number of nitrogens with one attached hydrogen (secondary N) is 1. The van der Waals surface area contributed by atoms with Crippen molar-refractivity contribution in [2.75, 3.05) is 0 Å². The highest BCUT2D eigenvalue weighted by molar-refractivity contribution is 5.79. The Morgan fingerprint density at radius 3 is 2.74 bits per heavy atom. The Morgan fingerprint density at radius 2 is 2.21 bits per heavy atom. The molecular formula is C14H23N3O2. The van der Waals surface area contributed by atoms with E-state index >= 15 is 0 Å². The van der Waals surface area contributed by atoms with Gasteiger partial charge in [-0.1, -0.05) is 6.92 Å². The maximum atomic E-state index is 12.3. The zero-order valence-electron chi connectivity index (χ0n) is 11.7. The van der Waals surface area contributed by atoms with Crippen molar-refractivity contribution in [3.8, 4) is 0 Å². The van der Waals surface area contributed by atoms with Crippen molar-refractivity contribution in [3.63, 3.8) is 0 Å². The number of hydrogen-bond acceptors (Lipinski definition) is 3. The van der Waals surface area contributed by atoms with Crippen molar-refractivity contribution in [3.05, 3.63) is 18.0 Å². The van der Waals surface area contributed by atoms with E-state index in [2.05, 4.69) is 17.3 Å². The van der Waals surface area contributed by atoms with Gasteiger partial charge in [-0.05, 0) is 38.2 Å². The van der Waals surface area contributed by atoms with Crippen molar-refractivity contribution in [2.45, 2.75) is 51.2 Å². The molecule has 1 saturated carbocycles. The summed E-state index contributed by atoms with van der Waals surface area (Å²) in [6.45, 7) is 2.06. The smallest absolute Gasteiger partial charge is 0.223 e. The van der Waals surface area contributed by atoms with Gasteiger partial charge in [0.1, 0.15) is 0 Å². The molecule has 2 rings (SSSR count). The van der Waals surface area contributed by atoms with E-state index in [-0.39, 0.29) is 24.0 Å². The molecule has 0 spiro atoms. The Kier molecular flexibility index (Phi) is 4.58. The maximum Gasteiger partial charge on any atom is 0.223 e. The molecule has 0 radical (unpaired) electrons. The molecule has 106 valence electrons. The van der Waals surface area contributed by atoms with Crippen LogP contribution in [-0.2, 0) is 11.8 Å². The van der Waals surface area contributed by atoms with Crippen LogP contribution in [0, 0.1) is 5.92 Å². The normalized spacial score (nSPS) is 25.0. The quantitative estimate of drug-likeness (QED) is 0.867. The highest BCUT2D eigenvalue weighted by atomic mass is 16.3. The topological polar surface area (TPSA) is 67.2 Å². The third-order valence-electron chi connectivity index (χ3n) is 4.01. The van der Waals surface area contributed by atoms with Crippen LogP contribution in [0.1, 0.15) is 50.8 Å². The first-order chi connectivity index (χ1) is 9.11. The number of carbonyl (C=O) groups is 1. The predicted molar refractivity (Wildman–Crippen MR) is 72.3 cm³/mol. The van der Waals surface area contributed by atoms with Gasteiger partial charge in [-0.25, -0.2) is 0 Å². The molecule has 1 unspecified atom stereocenters. The molecule has 19 heavy (non-hydrogen) atoms. The Bertz CT molecular complexity index is 422. The summed E-state index contributed by atoms with van der Waals surface area (Å²) in [5.74, 6) is 0.158. The number of nitrogens with zero attached hydrogens (tertiary/aromatic N) is 2. The molecular weight excluding hydrogens is 242 g/mol. The Labute approximate surface area is 114 Å². The number of hydrogen-bond donors (Lipinski definition) is 2. The molecule has 1 heterocycles. The van der Waals surface area contributed by atoms with Crippen LogP contribution in [0.4, 0.5) is 0 Å². The fraction of sp³-hybridized carbons (Fsp3) is 0.714. The van der Waals surface area contributed by atoms with Gasteiger partial charge in [0.2, 0.25) is 5.91 Å². The van der Waals surface area contributed by atoms with E-state index in [9.17, 15) is 9.90 Å². The fourth-order valence-electron chi connectivity index (χ4n) is 2.74. The molecule has 1 aliphatic carbocycles. The minimum absolute atomic E-state index is 0.0202. The van der Waals surface area contributed by atoms with Gasteiger partial charge < -0.3 is 10.4 Å². The first-order valence-electron chi connectivity index (χ1n) is 7.08. The monoisotopic (exact) mass is 265 g/mol. The van der Waals surface area contributed by atoms with E-state index in [0.717, 1.165) is 37.8 Å². The van der Waals surface area contributed by atoms with Crippen LogP contribution in [-0.4, -0.2) is 26.9 Å². The second-order valence-corrected chi connectivity index (χ2v) is 5.35. The molecule has 0 aromatic carbocycles. The van der Waals surface area contributed by atoms with Gasteiger partial charge in [-0.15, -0.1) is 0 Å².